The van der Waals surface area contributed by atoms with Crippen molar-refractivity contribution in [2.24, 2.45) is 23.0 Å². The molecular formula is C14H19NO. The highest BCUT2D eigenvalue weighted by Gasteiger charge is 2.55. The summed E-state index contributed by atoms with van der Waals surface area (Å²) in [5.41, 5.74) is 6.96. The molecule has 2 rings (SSSR count). The second kappa shape index (κ2) is 3.93. The quantitative estimate of drug-likeness (QED) is 0.440. The van der Waals surface area contributed by atoms with Gasteiger partial charge < -0.3 is 5.73 Å². The Balaban J connectivity index is 2.06. The lowest BCUT2D eigenvalue weighted by Gasteiger charge is -2.26. The monoisotopic (exact) mass is 217 g/mol. The largest absolute Gasteiger partial charge is 0.366 e. The summed E-state index contributed by atoms with van der Waals surface area (Å²) in [6.07, 6.45) is 12.2. The van der Waals surface area contributed by atoms with Gasteiger partial charge in [-0.2, -0.15) is 0 Å². The lowest BCUT2D eigenvalue weighted by atomic mass is 9.78. The van der Waals surface area contributed by atoms with Crippen LogP contribution < -0.4 is 5.73 Å². The summed E-state index contributed by atoms with van der Waals surface area (Å²) in [6.45, 7) is 4.56. The minimum atomic E-state index is -0.393. The highest BCUT2D eigenvalue weighted by Crippen LogP contribution is 2.63. The normalized spacial score (nSPS) is 37.5. The highest BCUT2D eigenvalue weighted by molar-refractivity contribution is 5.85. The van der Waals surface area contributed by atoms with E-state index in [0.29, 0.717) is 11.3 Å². The second-order valence-corrected chi connectivity index (χ2v) is 5.21. The number of allylic oxidation sites excluding steroid dienone is 5. The van der Waals surface area contributed by atoms with Gasteiger partial charge in [-0.15, -0.1) is 0 Å². The zero-order chi connectivity index (χ0) is 11.8. The molecule has 2 aliphatic carbocycles. The van der Waals surface area contributed by atoms with Gasteiger partial charge in [0.1, 0.15) is 0 Å². The van der Waals surface area contributed by atoms with Crippen LogP contribution in [0.15, 0.2) is 36.0 Å². The van der Waals surface area contributed by atoms with Crippen molar-refractivity contribution < 1.29 is 4.79 Å². The lowest BCUT2D eigenvalue weighted by Crippen LogP contribution is -2.17. The second-order valence-electron chi connectivity index (χ2n) is 5.21. The van der Waals surface area contributed by atoms with Crippen LogP contribution in [0.3, 0.4) is 0 Å². The molecule has 0 heterocycles. The first-order valence-electron chi connectivity index (χ1n) is 5.85. The molecule has 0 aromatic rings. The molecule has 0 aliphatic heterocycles. The van der Waals surface area contributed by atoms with Crippen molar-refractivity contribution in [2.75, 3.05) is 0 Å². The van der Waals surface area contributed by atoms with Gasteiger partial charge in [0, 0.05) is 12.0 Å². The molecule has 0 spiro atoms. The molecular weight excluding hydrogens is 198 g/mol. The number of hydrogen-bond acceptors (Lipinski definition) is 1. The van der Waals surface area contributed by atoms with Gasteiger partial charge in [-0.05, 0) is 31.1 Å². The van der Waals surface area contributed by atoms with Crippen LogP contribution in [0.2, 0.25) is 0 Å². The number of nitrogens with two attached hydrogens (primary N) is 1. The van der Waals surface area contributed by atoms with Crippen LogP contribution in [-0.4, -0.2) is 5.91 Å². The third-order valence-corrected chi connectivity index (χ3v) is 4.06. The summed E-state index contributed by atoms with van der Waals surface area (Å²) in [5.74, 6) is 1.01. The molecule has 3 atom stereocenters. The predicted octanol–water partition coefficient (Wildman–Crippen LogP) is 2.58. The van der Waals surface area contributed by atoms with E-state index < -0.39 is 5.91 Å². The number of carbonyl (C=O) groups excluding carboxylic acids is 1. The van der Waals surface area contributed by atoms with E-state index in [0.717, 1.165) is 5.92 Å². The van der Waals surface area contributed by atoms with Crippen LogP contribution in [0.1, 0.15) is 26.7 Å². The maximum Gasteiger partial charge on any atom is 0.241 e. The van der Waals surface area contributed by atoms with E-state index in [-0.39, 0.29) is 0 Å². The van der Waals surface area contributed by atoms with E-state index in [1.165, 1.54) is 24.5 Å². The Hall–Kier alpha value is -1.31. The number of amides is 1. The van der Waals surface area contributed by atoms with Gasteiger partial charge in [0.05, 0.1) is 0 Å². The molecule has 86 valence electrons. The third kappa shape index (κ3) is 1.97. The van der Waals surface area contributed by atoms with Crippen LogP contribution in [0.25, 0.3) is 0 Å². The number of primary amides is 1. The van der Waals surface area contributed by atoms with Gasteiger partial charge >= 0.3 is 0 Å². The molecule has 1 saturated carbocycles. The van der Waals surface area contributed by atoms with Gasteiger partial charge in [-0.25, -0.2) is 0 Å². The van der Waals surface area contributed by atoms with Crippen LogP contribution in [-0.2, 0) is 4.79 Å². The molecule has 1 amide bonds. The minimum Gasteiger partial charge on any atom is -0.366 e. The highest BCUT2D eigenvalue weighted by atomic mass is 16.1. The smallest absolute Gasteiger partial charge is 0.241 e. The van der Waals surface area contributed by atoms with Crippen molar-refractivity contribution in [1.29, 1.82) is 0 Å². The molecule has 1 fully saturated rings. The summed E-state index contributed by atoms with van der Waals surface area (Å²) in [6, 6.07) is 0. The number of hydrogen-bond donors (Lipinski definition) is 1. The average molecular weight is 217 g/mol. The zero-order valence-corrected chi connectivity index (χ0v) is 9.94. The van der Waals surface area contributed by atoms with E-state index in [1.807, 2.05) is 6.08 Å². The molecule has 0 aromatic carbocycles. The van der Waals surface area contributed by atoms with E-state index in [4.69, 9.17) is 5.73 Å². The van der Waals surface area contributed by atoms with Crippen molar-refractivity contribution in [3.8, 4) is 0 Å². The van der Waals surface area contributed by atoms with Gasteiger partial charge in [0.25, 0.3) is 0 Å². The zero-order valence-electron chi connectivity index (χ0n) is 9.94. The van der Waals surface area contributed by atoms with E-state index in [1.54, 1.807) is 6.08 Å². The molecule has 3 unspecified atom stereocenters. The number of fused-ring (bicyclic) bond motifs is 1. The fourth-order valence-corrected chi connectivity index (χ4v) is 2.88. The maximum atomic E-state index is 10.5. The Morgan fingerprint density at radius 3 is 3.00 bits per heavy atom. The van der Waals surface area contributed by atoms with Crippen molar-refractivity contribution >= 4 is 5.91 Å². The summed E-state index contributed by atoms with van der Waals surface area (Å²) in [5, 5.41) is 0. The molecule has 0 saturated heterocycles. The molecule has 0 aromatic heterocycles. The van der Waals surface area contributed by atoms with Crippen molar-refractivity contribution in [2.45, 2.75) is 26.7 Å². The van der Waals surface area contributed by atoms with E-state index in [2.05, 4.69) is 26.0 Å². The Bertz CT molecular complexity index is 392. The number of rotatable bonds is 3. The molecule has 16 heavy (non-hydrogen) atoms. The lowest BCUT2D eigenvalue weighted by molar-refractivity contribution is -0.113. The summed E-state index contributed by atoms with van der Waals surface area (Å²) in [4.78, 5) is 10.5. The molecule has 2 heteroatoms. The van der Waals surface area contributed by atoms with E-state index >= 15 is 0 Å². The predicted molar refractivity (Wildman–Crippen MR) is 65.6 cm³/mol. The Morgan fingerprint density at radius 2 is 2.31 bits per heavy atom. The Kier molecular flexibility index (Phi) is 2.75. The summed E-state index contributed by atoms with van der Waals surface area (Å²) < 4.78 is 0. The summed E-state index contributed by atoms with van der Waals surface area (Å²) >= 11 is 0. The van der Waals surface area contributed by atoms with Crippen molar-refractivity contribution in [3.63, 3.8) is 0 Å². The molecule has 2 nitrogen and oxygen atoms in total. The molecule has 0 bridgehead atoms. The van der Waals surface area contributed by atoms with Crippen molar-refractivity contribution in [1.82, 2.24) is 0 Å². The average Bonchev–Trinajstić information content (AvgIpc) is 2.87. The maximum absolute atomic E-state index is 10.5. The van der Waals surface area contributed by atoms with Crippen LogP contribution in [0, 0.1) is 17.3 Å². The van der Waals surface area contributed by atoms with Crippen LogP contribution in [0.5, 0.6) is 0 Å². The fraction of sp³-hybridized carbons (Fsp3) is 0.500. The number of carbonyl (C=O) groups is 1. The van der Waals surface area contributed by atoms with Crippen LogP contribution in [0.4, 0.5) is 0 Å². The first-order chi connectivity index (χ1) is 7.54. The van der Waals surface area contributed by atoms with Gasteiger partial charge in [-0.3, -0.25) is 4.79 Å². The fourth-order valence-electron chi connectivity index (χ4n) is 2.88. The first-order valence-corrected chi connectivity index (χ1v) is 5.85. The third-order valence-electron chi connectivity index (χ3n) is 4.06. The first kappa shape index (κ1) is 11.2. The van der Waals surface area contributed by atoms with E-state index in [9.17, 15) is 4.79 Å². The van der Waals surface area contributed by atoms with Crippen molar-refractivity contribution in [3.05, 3.63) is 36.0 Å². The SMILES string of the molecule is CC1=CCC2CC2(C)C1/C=C/C=C\C(N)=O. The van der Waals surface area contributed by atoms with Gasteiger partial charge in [-0.1, -0.05) is 36.8 Å². The van der Waals surface area contributed by atoms with Gasteiger partial charge in [0.15, 0.2) is 0 Å². The topological polar surface area (TPSA) is 43.1 Å². The Morgan fingerprint density at radius 1 is 1.56 bits per heavy atom. The molecule has 2 aliphatic rings. The summed E-state index contributed by atoms with van der Waals surface area (Å²) in [7, 11) is 0. The minimum absolute atomic E-state index is 0.393. The molecule has 0 radical (unpaired) electrons. The van der Waals surface area contributed by atoms with Gasteiger partial charge in [0.2, 0.25) is 5.91 Å². The standard InChI is InChI=1S/C14H19NO/c1-10-7-8-11-9-14(11,2)12(10)5-3-4-6-13(15)16/h3-7,11-12H,8-9H2,1-2H3,(H2,15,16)/b5-3+,6-4-. The molecule has 2 N–H and O–H groups in total. The Labute approximate surface area is 96.9 Å². The van der Waals surface area contributed by atoms with Crippen LogP contribution >= 0.6 is 0 Å².